The Hall–Kier alpha value is -0.667. The van der Waals surface area contributed by atoms with E-state index in [1.54, 1.807) is 0 Å². The Labute approximate surface area is 111 Å². The van der Waals surface area contributed by atoms with E-state index in [0.29, 0.717) is 6.04 Å². The van der Waals surface area contributed by atoms with Crippen molar-refractivity contribution in [3.8, 4) is 0 Å². The van der Waals surface area contributed by atoms with Crippen molar-refractivity contribution in [1.82, 2.24) is 0 Å². The van der Waals surface area contributed by atoms with E-state index >= 15 is 0 Å². The van der Waals surface area contributed by atoms with Crippen LogP contribution in [-0.4, -0.2) is 6.04 Å². The molecule has 2 aliphatic rings. The maximum atomic E-state index is 7.50. The normalized spacial score (nSPS) is 16.8. The second-order valence-corrected chi connectivity index (χ2v) is 3.38. The molecule has 88 valence electrons. The zero-order valence-electron chi connectivity index (χ0n) is 9.19. The topological polar surface area (TPSA) is 24.3 Å². The molecule has 0 aromatic carbocycles. The number of nitrogens with zero attached hydrogens (tertiary/aromatic N) is 1. The van der Waals surface area contributed by atoms with E-state index in [1.165, 1.54) is 19.3 Å². The van der Waals surface area contributed by atoms with Gasteiger partial charge >= 0.3 is 11.3 Å². The predicted molar refractivity (Wildman–Crippen MR) is 60.0 cm³/mol. The minimum atomic E-state index is 0. The fraction of sp³-hybridized carbons (Fsp3) is 0.462. The Bertz CT molecular complexity index is 247. The number of hydrogen-bond donors (Lipinski definition) is 0. The van der Waals surface area contributed by atoms with Gasteiger partial charge in [-0.05, 0) is 12.8 Å². The minimum absolute atomic E-state index is 0. The Morgan fingerprint density at radius 3 is 1.69 bits per heavy atom. The summed E-state index contributed by atoms with van der Waals surface area (Å²) in [7, 11) is 0. The fourth-order valence-corrected chi connectivity index (χ4v) is 1.53. The molecule has 16 heavy (non-hydrogen) atoms. The van der Waals surface area contributed by atoms with Gasteiger partial charge in [-0.15, -0.1) is 0 Å². The average molecular weight is 305 g/mol. The Balaban J connectivity index is 0. The number of rotatable bonds is 0. The van der Waals surface area contributed by atoms with Crippen LogP contribution >= 0.6 is 0 Å². The van der Waals surface area contributed by atoms with E-state index in [4.69, 9.17) is 11.2 Å². The van der Waals surface area contributed by atoms with Gasteiger partial charge in [0.05, 0.1) is 0 Å². The molecule has 0 atom stereocenters. The van der Waals surface area contributed by atoms with Crippen LogP contribution in [0.2, 0.25) is 0 Å². The van der Waals surface area contributed by atoms with Crippen LogP contribution in [0.1, 0.15) is 32.1 Å². The van der Waals surface area contributed by atoms with Crippen LogP contribution in [0, 0.1) is 19.6 Å². The number of allylic oxidation sites excluding steroid dienone is 4. The SMILES string of the molecule is [C-]#[N+]C1CCCCC1.[C-]#[O+].[CH]1C=CC=C1.[Rh]. The molecule has 0 spiro atoms. The molecule has 0 amide bonds. The van der Waals surface area contributed by atoms with Crippen LogP contribution < -0.4 is 0 Å². The minimum Gasteiger partial charge on any atom is -0.0767 e. The van der Waals surface area contributed by atoms with Crippen molar-refractivity contribution < 1.29 is 24.1 Å². The van der Waals surface area contributed by atoms with Gasteiger partial charge in [0, 0.05) is 38.7 Å². The van der Waals surface area contributed by atoms with Crippen molar-refractivity contribution in [2.45, 2.75) is 38.1 Å². The van der Waals surface area contributed by atoms with Crippen molar-refractivity contribution in [3.05, 3.63) is 48.8 Å². The summed E-state index contributed by atoms with van der Waals surface area (Å²) in [5, 5.41) is 0. The van der Waals surface area contributed by atoms with E-state index in [0.717, 1.165) is 12.8 Å². The maximum absolute atomic E-state index is 7.50. The first-order valence-electron chi connectivity index (χ1n) is 5.17. The van der Waals surface area contributed by atoms with E-state index in [9.17, 15) is 0 Å². The Morgan fingerprint density at radius 1 is 0.938 bits per heavy atom. The van der Waals surface area contributed by atoms with Crippen LogP contribution in [-0.2, 0) is 24.1 Å². The largest absolute Gasteiger partial charge is 0.0767 e. The summed E-state index contributed by atoms with van der Waals surface area (Å²) in [6.45, 7) is 11.2. The summed E-state index contributed by atoms with van der Waals surface area (Å²) < 4.78 is 7.50. The molecule has 1 saturated carbocycles. The van der Waals surface area contributed by atoms with E-state index in [1.807, 2.05) is 30.7 Å². The molecule has 2 aliphatic carbocycles. The molecule has 0 aromatic rings. The first-order valence-corrected chi connectivity index (χ1v) is 5.17. The Morgan fingerprint density at radius 2 is 1.44 bits per heavy atom. The zero-order valence-corrected chi connectivity index (χ0v) is 10.8. The van der Waals surface area contributed by atoms with Gasteiger partial charge in [0.1, 0.15) is 0 Å². The smallest absolute Gasteiger partial charge is 0.00506 e. The van der Waals surface area contributed by atoms with Gasteiger partial charge < -0.3 is 4.85 Å². The third-order valence-corrected chi connectivity index (χ3v) is 2.31. The summed E-state index contributed by atoms with van der Waals surface area (Å²) in [5.74, 6) is 0. The van der Waals surface area contributed by atoms with Gasteiger partial charge in [-0.1, -0.05) is 30.7 Å². The fourth-order valence-electron chi connectivity index (χ4n) is 1.53. The van der Waals surface area contributed by atoms with Crippen molar-refractivity contribution in [1.29, 1.82) is 0 Å². The summed E-state index contributed by atoms with van der Waals surface area (Å²) in [6, 6.07) is 0.378. The molecule has 0 aliphatic heterocycles. The molecule has 0 heterocycles. The monoisotopic (exact) mass is 305 g/mol. The molecule has 2 nitrogen and oxygen atoms in total. The van der Waals surface area contributed by atoms with E-state index in [2.05, 4.69) is 11.5 Å². The van der Waals surface area contributed by atoms with Crippen molar-refractivity contribution in [2.75, 3.05) is 0 Å². The van der Waals surface area contributed by atoms with Gasteiger partial charge in [-0.2, -0.15) is 0 Å². The Kier molecular flexibility index (Phi) is 15.9. The molecule has 0 N–H and O–H groups in total. The standard InChI is InChI=1S/C7H11N.C5H5.CO.Rh/c1-8-7-5-3-2-4-6-7;1-2-4-5-3-1;1-2;/h7H,2-6H2;1-5H;;. The summed E-state index contributed by atoms with van der Waals surface area (Å²) >= 11 is 0. The quantitative estimate of drug-likeness (QED) is 0.372. The van der Waals surface area contributed by atoms with Gasteiger partial charge in [0.2, 0.25) is 6.04 Å². The van der Waals surface area contributed by atoms with Gasteiger partial charge in [0.15, 0.2) is 0 Å². The molecule has 3 heteroatoms. The molecule has 1 fully saturated rings. The van der Waals surface area contributed by atoms with Gasteiger partial charge in [-0.25, -0.2) is 6.57 Å². The third-order valence-electron chi connectivity index (χ3n) is 2.31. The summed E-state index contributed by atoms with van der Waals surface area (Å²) in [5.41, 5.74) is 0. The molecule has 0 saturated heterocycles. The second-order valence-electron chi connectivity index (χ2n) is 3.38. The molecular weight excluding hydrogens is 289 g/mol. The van der Waals surface area contributed by atoms with Crippen LogP contribution in [0.5, 0.6) is 0 Å². The average Bonchev–Trinajstić information content (AvgIpc) is 2.92. The van der Waals surface area contributed by atoms with Crippen LogP contribution in [0.3, 0.4) is 0 Å². The molecule has 0 unspecified atom stereocenters. The van der Waals surface area contributed by atoms with E-state index < -0.39 is 0 Å². The predicted octanol–water partition coefficient (Wildman–Crippen LogP) is 3.52. The number of hydrogen-bond acceptors (Lipinski definition) is 0. The zero-order chi connectivity index (χ0) is 11.4. The first-order chi connectivity index (χ1) is 7.43. The van der Waals surface area contributed by atoms with Crippen LogP contribution in [0.25, 0.3) is 4.85 Å². The first kappa shape index (κ1) is 17.7. The van der Waals surface area contributed by atoms with Crippen molar-refractivity contribution in [2.24, 2.45) is 0 Å². The van der Waals surface area contributed by atoms with Gasteiger partial charge in [0.25, 0.3) is 0 Å². The van der Waals surface area contributed by atoms with Crippen LogP contribution in [0.15, 0.2) is 24.3 Å². The third kappa shape index (κ3) is 9.87. The molecule has 0 aromatic heterocycles. The maximum Gasteiger partial charge on any atom is 0.00506 e. The summed E-state index contributed by atoms with van der Waals surface area (Å²) in [6.07, 6.45) is 16.2. The van der Waals surface area contributed by atoms with Crippen molar-refractivity contribution in [3.63, 3.8) is 0 Å². The van der Waals surface area contributed by atoms with Crippen LogP contribution in [0.4, 0.5) is 0 Å². The van der Waals surface area contributed by atoms with Gasteiger partial charge in [-0.3, -0.25) is 0 Å². The second kappa shape index (κ2) is 14.3. The molecular formula is C13H16NORh. The molecule has 0 bridgehead atoms. The molecule has 2 rings (SSSR count). The molecule has 2 radical (unpaired) electrons. The van der Waals surface area contributed by atoms with Crippen molar-refractivity contribution >= 4 is 0 Å². The summed E-state index contributed by atoms with van der Waals surface area (Å²) in [4.78, 5) is 3.50. The van der Waals surface area contributed by atoms with E-state index in [-0.39, 0.29) is 19.5 Å².